The Bertz CT molecular complexity index is 1140. The van der Waals surface area contributed by atoms with Gasteiger partial charge in [0.05, 0.1) is 6.54 Å². The summed E-state index contributed by atoms with van der Waals surface area (Å²) in [7, 11) is 0. The Kier molecular flexibility index (Phi) is 5.41. The van der Waals surface area contributed by atoms with E-state index < -0.39 is 0 Å². The molecule has 156 valence electrons. The predicted molar refractivity (Wildman–Crippen MR) is 122 cm³/mol. The predicted octanol–water partition coefficient (Wildman–Crippen LogP) is 3.30. The lowest BCUT2D eigenvalue weighted by molar-refractivity contribution is 0.0929. The second kappa shape index (κ2) is 8.65. The molecule has 1 amide bonds. The summed E-state index contributed by atoms with van der Waals surface area (Å²) in [6.07, 6.45) is 5.53. The fraction of sp³-hybridized carbons (Fsp3) is 0.250. The molecule has 5 rings (SSSR count). The van der Waals surface area contributed by atoms with Crippen LogP contribution in [-0.2, 0) is 6.54 Å². The van der Waals surface area contributed by atoms with Crippen molar-refractivity contribution in [2.24, 2.45) is 4.99 Å². The van der Waals surface area contributed by atoms with Gasteiger partial charge in [-0.15, -0.1) is 0 Å². The van der Waals surface area contributed by atoms with Crippen molar-refractivity contribution in [1.82, 2.24) is 20.6 Å². The van der Waals surface area contributed by atoms with Crippen molar-refractivity contribution in [3.05, 3.63) is 71.4 Å². The molecule has 1 fully saturated rings. The fourth-order valence-electron chi connectivity index (χ4n) is 3.93. The van der Waals surface area contributed by atoms with Crippen LogP contribution in [0.4, 0.5) is 11.5 Å². The molecule has 2 aliphatic heterocycles. The molecule has 0 atom stereocenters. The van der Waals surface area contributed by atoms with Gasteiger partial charge in [0, 0.05) is 35.3 Å². The maximum absolute atomic E-state index is 12.7. The van der Waals surface area contributed by atoms with Gasteiger partial charge in [0.1, 0.15) is 5.82 Å². The third-order valence-corrected chi connectivity index (χ3v) is 5.62. The summed E-state index contributed by atoms with van der Waals surface area (Å²) in [5.41, 5.74) is 4.74. The van der Waals surface area contributed by atoms with E-state index in [1.54, 1.807) is 6.20 Å². The van der Waals surface area contributed by atoms with Gasteiger partial charge in [-0.3, -0.25) is 9.79 Å². The number of nitrogens with zero attached hydrogens (tertiary/aromatic N) is 3. The van der Waals surface area contributed by atoms with Crippen molar-refractivity contribution in [3.63, 3.8) is 0 Å². The molecule has 2 aromatic carbocycles. The monoisotopic (exact) mass is 412 g/mol. The van der Waals surface area contributed by atoms with Gasteiger partial charge >= 0.3 is 0 Å². The minimum absolute atomic E-state index is 0.0529. The van der Waals surface area contributed by atoms with E-state index in [4.69, 9.17) is 0 Å². The number of anilines is 2. The maximum atomic E-state index is 12.7. The highest BCUT2D eigenvalue weighted by Crippen LogP contribution is 2.23. The molecule has 0 aliphatic carbocycles. The number of rotatable bonds is 5. The molecular formula is C24H24N6O. The SMILES string of the molecule is O=C(NC1CCNCC1)c1cccc(-c2nccc(Nc3ccc4c(c3)C=NC4)n2)c1. The Morgan fingerprint density at radius 3 is 2.87 bits per heavy atom. The highest BCUT2D eigenvalue weighted by molar-refractivity contribution is 5.95. The first-order valence-corrected chi connectivity index (χ1v) is 10.6. The lowest BCUT2D eigenvalue weighted by atomic mass is 10.1. The van der Waals surface area contributed by atoms with Crippen molar-refractivity contribution in [1.29, 1.82) is 0 Å². The number of piperidine rings is 1. The van der Waals surface area contributed by atoms with Crippen LogP contribution >= 0.6 is 0 Å². The third-order valence-electron chi connectivity index (χ3n) is 5.62. The molecule has 3 aromatic rings. The minimum atomic E-state index is -0.0529. The molecule has 1 saturated heterocycles. The number of amides is 1. The molecule has 31 heavy (non-hydrogen) atoms. The van der Waals surface area contributed by atoms with E-state index in [0.29, 0.717) is 17.2 Å². The van der Waals surface area contributed by atoms with Crippen molar-refractivity contribution < 1.29 is 4.79 Å². The number of hydrogen-bond acceptors (Lipinski definition) is 6. The van der Waals surface area contributed by atoms with Crippen molar-refractivity contribution in [2.45, 2.75) is 25.4 Å². The largest absolute Gasteiger partial charge is 0.349 e. The van der Waals surface area contributed by atoms with Crippen molar-refractivity contribution in [2.75, 3.05) is 18.4 Å². The molecule has 7 nitrogen and oxygen atoms in total. The zero-order valence-electron chi connectivity index (χ0n) is 17.1. The summed E-state index contributed by atoms with van der Waals surface area (Å²) in [5.74, 6) is 1.22. The number of fused-ring (bicyclic) bond motifs is 1. The minimum Gasteiger partial charge on any atom is -0.349 e. The van der Waals surface area contributed by atoms with Crippen LogP contribution < -0.4 is 16.0 Å². The average molecular weight is 412 g/mol. The average Bonchev–Trinajstić information content (AvgIpc) is 3.28. The molecule has 0 bridgehead atoms. The summed E-state index contributed by atoms with van der Waals surface area (Å²) in [4.78, 5) is 26.1. The molecule has 0 spiro atoms. The number of aliphatic imine (C=N–C) groups is 1. The number of aromatic nitrogens is 2. The van der Waals surface area contributed by atoms with Crippen LogP contribution in [0.2, 0.25) is 0 Å². The molecule has 0 radical (unpaired) electrons. The van der Waals surface area contributed by atoms with Crippen molar-refractivity contribution >= 4 is 23.6 Å². The highest BCUT2D eigenvalue weighted by Gasteiger charge is 2.17. The molecule has 3 heterocycles. The van der Waals surface area contributed by atoms with Crippen LogP contribution in [0.1, 0.15) is 34.3 Å². The number of nitrogens with one attached hydrogen (secondary N) is 3. The van der Waals surface area contributed by atoms with Crippen LogP contribution in [0, 0.1) is 0 Å². The van der Waals surface area contributed by atoms with Gasteiger partial charge < -0.3 is 16.0 Å². The smallest absolute Gasteiger partial charge is 0.251 e. The van der Waals surface area contributed by atoms with Gasteiger partial charge in [0.2, 0.25) is 0 Å². The van der Waals surface area contributed by atoms with Gasteiger partial charge in [-0.1, -0.05) is 18.2 Å². The van der Waals surface area contributed by atoms with E-state index in [9.17, 15) is 4.79 Å². The number of carbonyl (C=O) groups is 1. The molecule has 0 saturated carbocycles. The normalized spacial score (nSPS) is 15.5. The van der Waals surface area contributed by atoms with E-state index in [2.05, 4.69) is 43.0 Å². The molecule has 0 unspecified atom stereocenters. The van der Waals surface area contributed by atoms with Crippen LogP contribution in [0.15, 0.2) is 59.7 Å². The zero-order chi connectivity index (χ0) is 21.0. The van der Waals surface area contributed by atoms with Gasteiger partial charge in [0.25, 0.3) is 5.91 Å². The van der Waals surface area contributed by atoms with Gasteiger partial charge in [0.15, 0.2) is 5.82 Å². The molecule has 7 heteroatoms. The highest BCUT2D eigenvalue weighted by atomic mass is 16.1. The van der Waals surface area contributed by atoms with E-state index in [-0.39, 0.29) is 11.9 Å². The third kappa shape index (κ3) is 4.46. The second-order valence-electron chi connectivity index (χ2n) is 7.85. The molecule has 3 N–H and O–H groups in total. The fourth-order valence-corrected chi connectivity index (χ4v) is 3.93. The first kappa shape index (κ1) is 19.4. The Hall–Kier alpha value is -3.58. The molecule has 2 aliphatic rings. The standard InChI is InChI=1S/C24H24N6O/c31-24(29-20-6-9-25-10-7-20)17-3-1-2-16(12-17)23-27-11-8-22(30-23)28-21-5-4-18-14-26-15-19(18)13-21/h1-5,8,11-13,15,20,25H,6-7,9-10,14H2,(H,29,31)(H,27,28,30). The summed E-state index contributed by atoms with van der Waals surface area (Å²) in [6.45, 7) is 2.63. The van der Waals surface area contributed by atoms with Gasteiger partial charge in [-0.25, -0.2) is 9.97 Å². The first-order chi connectivity index (χ1) is 15.2. The van der Waals surface area contributed by atoms with Crippen molar-refractivity contribution in [3.8, 4) is 11.4 Å². The Balaban J connectivity index is 1.33. The van der Waals surface area contributed by atoms with Crippen LogP contribution in [-0.4, -0.2) is 41.2 Å². The maximum Gasteiger partial charge on any atom is 0.251 e. The Labute approximate surface area is 181 Å². The Morgan fingerprint density at radius 1 is 1.06 bits per heavy atom. The van der Waals surface area contributed by atoms with E-state index in [1.165, 1.54) is 5.56 Å². The van der Waals surface area contributed by atoms with Gasteiger partial charge in [-0.05, 0) is 67.4 Å². The van der Waals surface area contributed by atoms with E-state index in [0.717, 1.165) is 49.3 Å². The molecular weight excluding hydrogens is 388 g/mol. The topological polar surface area (TPSA) is 91.3 Å². The van der Waals surface area contributed by atoms with Crippen LogP contribution in [0.3, 0.4) is 0 Å². The zero-order valence-corrected chi connectivity index (χ0v) is 17.1. The molecule has 1 aromatic heterocycles. The lowest BCUT2D eigenvalue weighted by Gasteiger charge is -2.23. The van der Waals surface area contributed by atoms with E-state index >= 15 is 0 Å². The summed E-state index contributed by atoms with van der Waals surface area (Å²) in [5, 5.41) is 9.79. The first-order valence-electron chi connectivity index (χ1n) is 10.6. The summed E-state index contributed by atoms with van der Waals surface area (Å²) < 4.78 is 0. The van der Waals surface area contributed by atoms with Gasteiger partial charge in [-0.2, -0.15) is 0 Å². The summed E-state index contributed by atoms with van der Waals surface area (Å²) in [6, 6.07) is 15.7. The number of hydrogen-bond donors (Lipinski definition) is 3. The van der Waals surface area contributed by atoms with Crippen LogP contribution in [0.25, 0.3) is 11.4 Å². The Morgan fingerprint density at radius 2 is 1.97 bits per heavy atom. The van der Waals surface area contributed by atoms with Crippen LogP contribution in [0.5, 0.6) is 0 Å². The lowest BCUT2D eigenvalue weighted by Crippen LogP contribution is -2.42. The number of benzene rings is 2. The quantitative estimate of drug-likeness (QED) is 0.598. The number of carbonyl (C=O) groups excluding carboxylic acids is 1. The summed E-state index contributed by atoms with van der Waals surface area (Å²) >= 11 is 0. The second-order valence-corrected chi connectivity index (χ2v) is 7.85. The van der Waals surface area contributed by atoms with E-state index in [1.807, 2.05) is 42.6 Å².